The van der Waals surface area contributed by atoms with E-state index in [1.807, 2.05) is 27.7 Å². The van der Waals surface area contributed by atoms with Crippen molar-refractivity contribution in [3.63, 3.8) is 0 Å². The summed E-state index contributed by atoms with van der Waals surface area (Å²) in [4.78, 5) is 0. The van der Waals surface area contributed by atoms with Gasteiger partial charge < -0.3 is 24.1 Å². The first-order valence-electron chi connectivity index (χ1n) is 7.32. The van der Waals surface area contributed by atoms with Crippen LogP contribution in [0.1, 0.15) is 34.1 Å². The minimum atomic E-state index is -0.778. The fourth-order valence-corrected chi connectivity index (χ4v) is 2.93. The Kier molecular flexibility index (Phi) is 4.61. The number of hydrogen-bond donors (Lipinski definition) is 1. The molecule has 2 aliphatic rings. The summed E-state index contributed by atoms with van der Waals surface area (Å²) >= 11 is 0. The summed E-state index contributed by atoms with van der Waals surface area (Å²) in [5, 5.41) is 10.3. The molecule has 2 rings (SSSR count). The Hall–Kier alpha value is -0.720. The zero-order chi connectivity index (χ0) is 15.8. The predicted molar refractivity (Wildman–Crippen MR) is 78.7 cm³/mol. The van der Waals surface area contributed by atoms with Gasteiger partial charge in [0.05, 0.1) is 6.10 Å². The van der Waals surface area contributed by atoms with E-state index < -0.39 is 29.9 Å². The maximum Gasteiger partial charge on any atom is 0.164 e. The Bertz CT molecular complexity index is 403. The second-order valence-electron chi connectivity index (χ2n) is 6.46. The van der Waals surface area contributed by atoms with Crippen LogP contribution in [-0.4, -0.2) is 47.2 Å². The Morgan fingerprint density at radius 2 is 1.57 bits per heavy atom. The molecule has 0 saturated carbocycles. The minimum Gasteiger partial charge on any atom is -0.390 e. The molecule has 0 aromatic rings. The molecule has 0 radical (unpaired) electrons. The van der Waals surface area contributed by atoms with Crippen molar-refractivity contribution in [2.24, 2.45) is 0 Å². The second kappa shape index (κ2) is 5.82. The van der Waals surface area contributed by atoms with Crippen molar-refractivity contribution in [3.05, 3.63) is 25.3 Å². The van der Waals surface area contributed by atoms with Gasteiger partial charge >= 0.3 is 0 Å². The van der Waals surface area contributed by atoms with Crippen LogP contribution in [0.25, 0.3) is 0 Å². The van der Waals surface area contributed by atoms with E-state index in [4.69, 9.17) is 18.9 Å². The van der Waals surface area contributed by atoms with Gasteiger partial charge in [-0.2, -0.15) is 0 Å². The molecule has 0 aromatic heterocycles. The Morgan fingerprint density at radius 1 is 1.00 bits per heavy atom. The summed E-state index contributed by atoms with van der Waals surface area (Å²) in [6.07, 6.45) is 1.48. The molecule has 21 heavy (non-hydrogen) atoms. The number of ether oxygens (including phenoxy) is 4. The van der Waals surface area contributed by atoms with Crippen molar-refractivity contribution in [1.82, 2.24) is 0 Å². The maximum atomic E-state index is 10.3. The largest absolute Gasteiger partial charge is 0.390 e. The third-order valence-corrected chi connectivity index (χ3v) is 3.67. The topological polar surface area (TPSA) is 57.2 Å². The SMILES string of the molecule is C=CC[C@@H](O)[C@H]1OC(C)(C)O[C@H]1[C@@H]1OC(C)(C)O[C@H]1C=C. The molecule has 2 saturated heterocycles. The molecule has 2 fully saturated rings. The molecule has 0 amide bonds. The molecule has 5 heteroatoms. The van der Waals surface area contributed by atoms with Crippen LogP contribution in [0, 0.1) is 0 Å². The highest BCUT2D eigenvalue weighted by molar-refractivity contribution is 5.03. The molecule has 5 nitrogen and oxygen atoms in total. The second-order valence-corrected chi connectivity index (χ2v) is 6.46. The zero-order valence-corrected chi connectivity index (χ0v) is 13.2. The van der Waals surface area contributed by atoms with Crippen LogP contribution in [0.4, 0.5) is 0 Å². The van der Waals surface area contributed by atoms with Gasteiger partial charge in [-0.15, -0.1) is 13.2 Å². The molecular formula is C16H26O5. The van der Waals surface area contributed by atoms with Crippen LogP contribution in [-0.2, 0) is 18.9 Å². The summed E-state index contributed by atoms with van der Waals surface area (Å²) in [5.41, 5.74) is 0. The van der Waals surface area contributed by atoms with Crippen LogP contribution < -0.4 is 0 Å². The first-order valence-corrected chi connectivity index (χ1v) is 7.32. The van der Waals surface area contributed by atoms with Gasteiger partial charge in [-0.05, 0) is 34.1 Å². The van der Waals surface area contributed by atoms with E-state index in [-0.39, 0.29) is 12.2 Å². The van der Waals surface area contributed by atoms with Gasteiger partial charge in [0.1, 0.15) is 24.4 Å². The first-order chi connectivity index (χ1) is 9.69. The Labute approximate surface area is 126 Å². The quantitative estimate of drug-likeness (QED) is 0.788. The number of aliphatic hydroxyl groups excluding tert-OH is 1. The van der Waals surface area contributed by atoms with Gasteiger partial charge in [0.2, 0.25) is 0 Å². The van der Waals surface area contributed by atoms with Gasteiger partial charge in [-0.25, -0.2) is 0 Å². The smallest absolute Gasteiger partial charge is 0.164 e. The molecule has 2 aliphatic heterocycles. The number of rotatable bonds is 5. The van der Waals surface area contributed by atoms with E-state index in [2.05, 4.69) is 13.2 Å². The van der Waals surface area contributed by atoms with Crippen molar-refractivity contribution in [2.75, 3.05) is 0 Å². The van der Waals surface area contributed by atoms with Crippen molar-refractivity contribution in [3.8, 4) is 0 Å². The average Bonchev–Trinajstić information content (AvgIpc) is 2.85. The van der Waals surface area contributed by atoms with Crippen molar-refractivity contribution < 1.29 is 24.1 Å². The molecule has 2 heterocycles. The van der Waals surface area contributed by atoms with E-state index in [0.29, 0.717) is 6.42 Å². The van der Waals surface area contributed by atoms with Gasteiger partial charge in [-0.1, -0.05) is 12.2 Å². The fraction of sp³-hybridized carbons (Fsp3) is 0.750. The minimum absolute atomic E-state index is 0.305. The molecule has 0 bridgehead atoms. The molecule has 0 unspecified atom stereocenters. The number of aliphatic hydroxyl groups is 1. The van der Waals surface area contributed by atoms with Gasteiger partial charge in [0.25, 0.3) is 0 Å². The Balaban J connectivity index is 2.22. The number of hydrogen-bond acceptors (Lipinski definition) is 5. The van der Waals surface area contributed by atoms with Crippen molar-refractivity contribution in [2.45, 2.75) is 76.2 Å². The third-order valence-electron chi connectivity index (χ3n) is 3.67. The molecule has 0 aliphatic carbocycles. The third kappa shape index (κ3) is 3.55. The normalized spacial score (nSPS) is 39.1. The summed E-state index contributed by atoms with van der Waals surface area (Å²) < 4.78 is 23.6. The molecule has 5 atom stereocenters. The van der Waals surface area contributed by atoms with Gasteiger partial charge in [-0.3, -0.25) is 0 Å². The van der Waals surface area contributed by atoms with Crippen molar-refractivity contribution >= 4 is 0 Å². The molecule has 120 valence electrons. The highest BCUT2D eigenvalue weighted by Crippen LogP contribution is 2.39. The van der Waals surface area contributed by atoms with Crippen molar-refractivity contribution in [1.29, 1.82) is 0 Å². The van der Waals surface area contributed by atoms with Crippen LogP contribution >= 0.6 is 0 Å². The van der Waals surface area contributed by atoms with Crippen LogP contribution in [0.15, 0.2) is 25.3 Å². The van der Waals surface area contributed by atoms with E-state index in [1.165, 1.54) is 0 Å². The van der Waals surface area contributed by atoms with Crippen LogP contribution in [0.5, 0.6) is 0 Å². The molecule has 0 aromatic carbocycles. The van der Waals surface area contributed by atoms with Gasteiger partial charge in [0, 0.05) is 0 Å². The molecule has 1 N–H and O–H groups in total. The summed E-state index contributed by atoms with van der Waals surface area (Å²) in [6, 6.07) is 0. The van der Waals surface area contributed by atoms with E-state index in [9.17, 15) is 5.11 Å². The van der Waals surface area contributed by atoms with E-state index >= 15 is 0 Å². The first kappa shape index (κ1) is 16.6. The lowest BCUT2D eigenvalue weighted by Crippen LogP contribution is -2.46. The van der Waals surface area contributed by atoms with Crippen LogP contribution in [0.3, 0.4) is 0 Å². The summed E-state index contributed by atoms with van der Waals surface area (Å²) in [7, 11) is 0. The molecule has 0 spiro atoms. The van der Waals surface area contributed by atoms with Gasteiger partial charge in [0.15, 0.2) is 11.6 Å². The summed E-state index contributed by atoms with van der Waals surface area (Å²) in [5.74, 6) is -1.49. The molecular weight excluding hydrogens is 272 g/mol. The summed E-state index contributed by atoms with van der Waals surface area (Å²) in [6.45, 7) is 14.8. The highest BCUT2D eigenvalue weighted by atomic mass is 16.8. The zero-order valence-electron chi connectivity index (χ0n) is 13.2. The Morgan fingerprint density at radius 3 is 2.14 bits per heavy atom. The standard InChI is InChI=1S/C16H26O5/c1-7-9-10(17)12-14(21-16(5,6)19-12)13-11(8-2)18-15(3,4)20-13/h7-8,10-14,17H,1-2,9H2,3-6H3/t10-,11+,12-,13-,14-/m1/s1. The van der Waals surface area contributed by atoms with E-state index in [1.54, 1.807) is 12.2 Å². The lowest BCUT2D eigenvalue weighted by molar-refractivity contribution is -0.175. The average molecular weight is 298 g/mol. The van der Waals surface area contributed by atoms with Crippen LogP contribution in [0.2, 0.25) is 0 Å². The lowest BCUT2D eigenvalue weighted by atomic mass is 9.98. The maximum absolute atomic E-state index is 10.3. The van der Waals surface area contributed by atoms with E-state index in [0.717, 1.165) is 0 Å². The monoisotopic (exact) mass is 298 g/mol. The highest BCUT2D eigenvalue weighted by Gasteiger charge is 2.54. The predicted octanol–water partition coefficient (Wildman–Crippen LogP) is 2.15. The fourth-order valence-electron chi connectivity index (χ4n) is 2.93. The lowest BCUT2D eigenvalue weighted by Gasteiger charge is -2.27.